The predicted molar refractivity (Wildman–Crippen MR) is 148 cm³/mol. The average Bonchev–Trinajstić information content (AvgIpc) is 3.22. The molecular formula is C29H25BrClN3O3. The molecule has 188 valence electrons. The summed E-state index contributed by atoms with van der Waals surface area (Å²) in [6.45, 7) is 2.82. The fourth-order valence-corrected chi connectivity index (χ4v) is 5.25. The van der Waals surface area contributed by atoms with E-state index in [0.29, 0.717) is 45.2 Å². The van der Waals surface area contributed by atoms with Crippen LogP contribution < -0.4 is 5.69 Å². The Kier molecular flexibility index (Phi) is 7.17. The van der Waals surface area contributed by atoms with Crippen molar-refractivity contribution in [2.75, 3.05) is 6.54 Å². The Hall–Kier alpha value is -3.42. The van der Waals surface area contributed by atoms with Crippen LogP contribution in [0.2, 0.25) is 5.02 Å². The number of benzene rings is 3. The molecular weight excluding hydrogens is 554 g/mol. The summed E-state index contributed by atoms with van der Waals surface area (Å²) in [5, 5.41) is 0.445. The maximum absolute atomic E-state index is 13.8. The minimum Gasteiger partial charge on any atom is -0.331 e. The number of halogens is 2. The molecule has 0 bridgehead atoms. The number of carbonyl (C=O) groups is 2. The van der Waals surface area contributed by atoms with Crippen molar-refractivity contribution in [2.24, 2.45) is 0 Å². The number of Topliss-reactive ketones (excluding diaryl/α,β-unsaturated/α-hetero) is 1. The molecule has 1 aliphatic rings. The molecule has 4 aromatic rings. The maximum Gasteiger partial charge on any atom is 0.333 e. The van der Waals surface area contributed by atoms with Crippen LogP contribution in [0.25, 0.3) is 5.69 Å². The summed E-state index contributed by atoms with van der Waals surface area (Å²) in [6, 6.07) is 24.1. The average molecular weight is 579 g/mol. The van der Waals surface area contributed by atoms with Crippen molar-refractivity contribution in [2.45, 2.75) is 32.4 Å². The summed E-state index contributed by atoms with van der Waals surface area (Å²) in [4.78, 5) is 42.4. The predicted octanol–water partition coefficient (Wildman–Crippen LogP) is 6.09. The first-order valence-corrected chi connectivity index (χ1v) is 13.2. The molecule has 0 spiro atoms. The molecule has 2 heterocycles. The first-order chi connectivity index (χ1) is 17.8. The van der Waals surface area contributed by atoms with Crippen LogP contribution >= 0.6 is 27.5 Å². The molecule has 8 heteroatoms. The minimum atomic E-state index is -0.268. The lowest BCUT2D eigenvalue weighted by Crippen LogP contribution is -2.41. The van der Waals surface area contributed by atoms with Crippen LogP contribution in [0.15, 0.2) is 88.1 Å². The Morgan fingerprint density at radius 2 is 1.65 bits per heavy atom. The van der Waals surface area contributed by atoms with E-state index in [1.807, 2.05) is 67.6 Å². The molecule has 1 amide bonds. The zero-order valence-electron chi connectivity index (χ0n) is 20.2. The van der Waals surface area contributed by atoms with E-state index in [4.69, 9.17) is 11.6 Å². The van der Waals surface area contributed by atoms with Crippen LogP contribution in [0.1, 0.15) is 51.4 Å². The SMILES string of the molecule is C[C@@H](CC(=O)c1c2n(c(=O)n1-c1ccccc1)CCN(C(=O)c1ccc(Br)c(Cl)c1)C2)c1ccccc1. The second kappa shape index (κ2) is 10.5. The summed E-state index contributed by atoms with van der Waals surface area (Å²) in [5.41, 5.74) is 2.77. The van der Waals surface area contributed by atoms with Crippen molar-refractivity contribution >= 4 is 39.2 Å². The zero-order valence-corrected chi connectivity index (χ0v) is 22.6. The number of ketones is 1. The largest absolute Gasteiger partial charge is 0.333 e. The second-order valence-electron chi connectivity index (χ2n) is 9.20. The monoisotopic (exact) mass is 577 g/mol. The summed E-state index contributed by atoms with van der Waals surface area (Å²) < 4.78 is 3.84. The van der Waals surface area contributed by atoms with Crippen LogP contribution in [-0.2, 0) is 13.1 Å². The van der Waals surface area contributed by atoms with Gasteiger partial charge in [-0.15, -0.1) is 0 Å². The third-order valence-corrected chi connectivity index (χ3v) is 8.00. The summed E-state index contributed by atoms with van der Waals surface area (Å²) in [7, 11) is 0. The van der Waals surface area contributed by atoms with Gasteiger partial charge in [0, 0.05) is 29.5 Å². The summed E-state index contributed by atoms with van der Waals surface area (Å²) >= 11 is 9.58. The molecule has 37 heavy (non-hydrogen) atoms. The van der Waals surface area contributed by atoms with Crippen molar-refractivity contribution in [3.05, 3.63) is 121 Å². The normalized spacial score (nSPS) is 13.8. The van der Waals surface area contributed by atoms with Crippen molar-refractivity contribution < 1.29 is 9.59 Å². The zero-order chi connectivity index (χ0) is 26.1. The van der Waals surface area contributed by atoms with Gasteiger partial charge in [-0.1, -0.05) is 67.1 Å². The number of imidazole rings is 1. The third kappa shape index (κ3) is 4.93. The maximum atomic E-state index is 13.8. The Morgan fingerprint density at radius 3 is 2.32 bits per heavy atom. The van der Waals surface area contributed by atoms with Crippen LogP contribution in [0.4, 0.5) is 0 Å². The van der Waals surface area contributed by atoms with Gasteiger partial charge in [-0.05, 0) is 57.7 Å². The van der Waals surface area contributed by atoms with Gasteiger partial charge in [-0.25, -0.2) is 4.79 Å². The molecule has 5 rings (SSSR count). The van der Waals surface area contributed by atoms with E-state index in [9.17, 15) is 14.4 Å². The second-order valence-corrected chi connectivity index (χ2v) is 10.5. The highest BCUT2D eigenvalue weighted by atomic mass is 79.9. The highest BCUT2D eigenvalue weighted by Crippen LogP contribution is 2.28. The van der Waals surface area contributed by atoms with Gasteiger partial charge < -0.3 is 4.90 Å². The van der Waals surface area contributed by atoms with Gasteiger partial charge in [-0.3, -0.25) is 18.7 Å². The fourth-order valence-electron chi connectivity index (χ4n) is 4.82. The first-order valence-electron chi connectivity index (χ1n) is 12.1. The number of hydrogen-bond donors (Lipinski definition) is 0. The molecule has 1 aromatic heterocycles. The molecule has 0 radical (unpaired) electrons. The Labute approximate surface area is 228 Å². The van der Waals surface area contributed by atoms with Crippen molar-refractivity contribution in [1.29, 1.82) is 0 Å². The van der Waals surface area contributed by atoms with E-state index in [1.54, 1.807) is 27.7 Å². The first kappa shape index (κ1) is 25.2. The van der Waals surface area contributed by atoms with Gasteiger partial charge in [0.05, 0.1) is 22.9 Å². The molecule has 0 unspecified atom stereocenters. The molecule has 0 N–H and O–H groups in total. The van der Waals surface area contributed by atoms with E-state index < -0.39 is 0 Å². The van der Waals surface area contributed by atoms with Crippen molar-refractivity contribution in [1.82, 2.24) is 14.0 Å². The van der Waals surface area contributed by atoms with Crippen LogP contribution in [-0.4, -0.2) is 32.3 Å². The summed E-state index contributed by atoms with van der Waals surface area (Å²) in [6.07, 6.45) is 0.240. The van der Waals surface area contributed by atoms with Crippen LogP contribution in [0, 0.1) is 0 Å². The lowest BCUT2D eigenvalue weighted by molar-refractivity contribution is 0.0706. The number of fused-ring (bicyclic) bond motifs is 1. The highest BCUT2D eigenvalue weighted by Gasteiger charge is 2.32. The van der Waals surface area contributed by atoms with Gasteiger partial charge in [-0.2, -0.15) is 0 Å². The molecule has 0 fully saturated rings. The van der Waals surface area contributed by atoms with Crippen molar-refractivity contribution in [3.8, 4) is 5.69 Å². The minimum absolute atomic E-state index is 0.0326. The van der Waals surface area contributed by atoms with Crippen LogP contribution in [0.3, 0.4) is 0 Å². The Balaban J connectivity index is 1.54. The summed E-state index contributed by atoms with van der Waals surface area (Å²) in [5.74, 6) is -0.363. The highest BCUT2D eigenvalue weighted by molar-refractivity contribution is 9.10. The van der Waals surface area contributed by atoms with E-state index in [0.717, 1.165) is 5.56 Å². The standard InChI is InChI=1S/C29H25BrClN3O3/c1-19(20-8-4-2-5-9-20)16-26(35)27-25-18-32(28(36)21-12-13-23(30)24(31)17-21)14-15-33(25)29(37)34(27)22-10-6-3-7-11-22/h2-13,17,19H,14-16,18H2,1H3/t19-/m0/s1. The Morgan fingerprint density at radius 1 is 0.973 bits per heavy atom. The fraction of sp³-hybridized carbons (Fsp3) is 0.207. The van der Waals surface area contributed by atoms with E-state index in [2.05, 4.69) is 15.9 Å². The number of nitrogens with zero attached hydrogens (tertiary/aromatic N) is 3. The number of para-hydroxylation sites is 1. The lowest BCUT2D eigenvalue weighted by atomic mass is 9.94. The lowest BCUT2D eigenvalue weighted by Gasteiger charge is -2.28. The molecule has 3 aromatic carbocycles. The van der Waals surface area contributed by atoms with E-state index >= 15 is 0 Å². The third-order valence-electron chi connectivity index (χ3n) is 6.77. The molecule has 6 nitrogen and oxygen atoms in total. The number of amides is 1. The molecule has 0 saturated heterocycles. The Bertz CT molecular complexity index is 1530. The van der Waals surface area contributed by atoms with Gasteiger partial charge in [0.15, 0.2) is 5.78 Å². The molecule has 0 saturated carbocycles. The number of rotatable bonds is 6. The van der Waals surface area contributed by atoms with E-state index in [1.165, 1.54) is 4.57 Å². The molecule has 0 aliphatic carbocycles. The van der Waals surface area contributed by atoms with Gasteiger partial charge in [0.2, 0.25) is 0 Å². The molecule has 1 atom stereocenters. The van der Waals surface area contributed by atoms with Gasteiger partial charge >= 0.3 is 5.69 Å². The van der Waals surface area contributed by atoms with Crippen LogP contribution in [0.5, 0.6) is 0 Å². The van der Waals surface area contributed by atoms with Gasteiger partial charge in [0.1, 0.15) is 5.69 Å². The van der Waals surface area contributed by atoms with Crippen molar-refractivity contribution in [3.63, 3.8) is 0 Å². The smallest absolute Gasteiger partial charge is 0.331 e. The topological polar surface area (TPSA) is 64.3 Å². The van der Waals surface area contributed by atoms with E-state index in [-0.39, 0.29) is 36.3 Å². The quantitative estimate of drug-likeness (QED) is 0.260. The number of hydrogen-bond acceptors (Lipinski definition) is 3. The van der Waals surface area contributed by atoms with Gasteiger partial charge in [0.25, 0.3) is 5.91 Å². The number of carbonyl (C=O) groups excluding carboxylic acids is 2. The number of aromatic nitrogens is 2. The molecule has 1 aliphatic heterocycles.